The van der Waals surface area contributed by atoms with Gasteiger partial charge in [-0.1, -0.05) is 97.1 Å². The van der Waals surface area contributed by atoms with Crippen LogP contribution in [0.4, 0.5) is 0 Å². The Morgan fingerprint density at radius 2 is 0.794 bits per heavy atom. The molecule has 168 valence electrons. The summed E-state index contributed by atoms with van der Waals surface area (Å²) in [5, 5.41) is 5.38. The lowest BCUT2D eigenvalue weighted by Crippen LogP contribution is -2.21. The third kappa shape index (κ3) is 6.53. The van der Waals surface area contributed by atoms with E-state index in [1.165, 1.54) is 21.2 Å². The molecule has 4 aromatic rings. The van der Waals surface area contributed by atoms with Gasteiger partial charge in [0.25, 0.3) is 0 Å². The zero-order valence-corrected chi connectivity index (χ0v) is 21.5. The van der Waals surface area contributed by atoms with Crippen molar-refractivity contribution in [1.29, 1.82) is 0 Å². The fraction of sp³-hybridized carbons (Fsp3) is 0.143. The Labute approximate surface area is 210 Å². The summed E-state index contributed by atoms with van der Waals surface area (Å²) in [5.41, 5.74) is 0. The normalized spacial score (nSPS) is 11.9. The minimum absolute atomic E-state index is 0. The molecule has 0 aromatic heterocycles. The minimum atomic E-state index is -0.554. The molecule has 0 saturated carbocycles. The Kier molecular flexibility index (Phi) is 11.4. The van der Waals surface area contributed by atoms with Gasteiger partial charge in [-0.2, -0.15) is 0 Å². The minimum Gasteiger partial charge on any atom is -0.496 e. The molecule has 0 unspecified atom stereocenters. The maximum absolute atomic E-state index is 5.76. The van der Waals surface area contributed by atoms with E-state index in [2.05, 4.69) is 97.1 Å². The Bertz CT molecular complexity index is 1040. The van der Waals surface area contributed by atoms with E-state index in [0.717, 1.165) is 23.8 Å². The summed E-state index contributed by atoms with van der Waals surface area (Å²) in [6, 6.07) is 38.7. The highest BCUT2D eigenvalue weighted by atomic mass is 31.1. The second-order valence-corrected chi connectivity index (χ2v) is 11.9. The van der Waals surface area contributed by atoms with E-state index >= 15 is 0 Å². The van der Waals surface area contributed by atoms with Gasteiger partial charge < -0.3 is 9.47 Å². The summed E-state index contributed by atoms with van der Waals surface area (Å²) < 4.78 is 11.5. The fourth-order valence-electron chi connectivity index (χ4n) is 3.90. The van der Waals surface area contributed by atoms with Crippen LogP contribution < -0.4 is 30.7 Å². The van der Waals surface area contributed by atoms with Crippen molar-refractivity contribution < 1.29 is 9.47 Å². The van der Waals surface area contributed by atoms with Crippen LogP contribution in [0.15, 0.2) is 109 Å². The van der Waals surface area contributed by atoms with Crippen molar-refractivity contribution in [3.63, 3.8) is 0 Å². The SMILES string of the molecule is COc1ccccc1[P@@](CC[P@@](c1ccccc1)c1ccccc1OC)c1ccccc1.[B].[B]. The number of hydrogen-bond donors (Lipinski definition) is 0. The summed E-state index contributed by atoms with van der Waals surface area (Å²) in [6.07, 6.45) is 2.16. The van der Waals surface area contributed by atoms with Crippen LogP contribution in [0.3, 0.4) is 0 Å². The van der Waals surface area contributed by atoms with E-state index < -0.39 is 15.8 Å². The van der Waals surface area contributed by atoms with Crippen LogP contribution in [0.25, 0.3) is 0 Å². The molecule has 0 heterocycles. The van der Waals surface area contributed by atoms with Crippen LogP contribution in [0.2, 0.25) is 0 Å². The van der Waals surface area contributed by atoms with Crippen LogP contribution in [-0.2, 0) is 0 Å². The van der Waals surface area contributed by atoms with Gasteiger partial charge in [-0.25, -0.2) is 0 Å². The maximum Gasteiger partial charge on any atom is 0.126 e. The summed E-state index contributed by atoms with van der Waals surface area (Å²) in [6.45, 7) is 0. The Hall–Kier alpha value is -2.53. The van der Waals surface area contributed by atoms with E-state index in [4.69, 9.17) is 9.47 Å². The molecule has 0 aliphatic heterocycles. The van der Waals surface area contributed by atoms with Crippen molar-refractivity contribution >= 4 is 53.9 Å². The van der Waals surface area contributed by atoms with E-state index in [0.29, 0.717) is 0 Å². The number of para-hydroxylation sites is 2. The number of ether oxygens (including phenoxy) is 2. The molecule has 34 heavy (non-hydrogen) atoms. The largest absolute Gasteiger partial charge is 0.496 e. The summed E-state index contributed by atoms with van der Waals surface area (Å²) in [4.78, 5) is 0. The Morgan fingerprint density at radius 1 is 0.471 bits per heavy atom. The highest BCUT2D eigenvalue weighted by Crippen LogP contribution is 2.44. The van der Waals surface area contributed by atoms with E-state index in [1.54, 1.807) is 14.2 Å². The molecule has 2 nitrogen and oxygen atoms in total. The molecule has 0 fully saturated rings. The predicted octanol–water partition coefficient (Wildman–Crippen LogP) is 4.51. The van der Waals surface area contributed by atoms with Crippen molar-refractivity contribution in [2.45, 2.75) is 0 Å². The van der Waals surface area contributed by atoms with Gasteiger partial charge in [0, 0.05) is 27.4 Å². The van der Waals surface area contributed by atoms with Crippen LogP contribution in [0.1, 0.15) is 0 Å². The lowest BCUT2D eigenvalue weighted by Gasteiger charge is -2.25. The highest BCUT2D eigenvalue weighted by Gasteiger charge is 2.23. The molecule has 0 spiro atoms. The van der Waals surface area contributed by atoms with E-state index in [-0.39, 0.29) is 16.8 Å². The lowest BCUT2D eigenvalue weighted by atomic mass is 10.3. The molecule has 0 aliphatic rings. The topological polar surface area (TPSA) is 18.5 Å². The fourth-order valence-corrected chi connectivity index (χ4v) is 9.51. The molecular formula is C28H28B2O2P2. The van der Waals surface area contributed by atoms with Crippen LogP contribution in [0.5, 0.6) is 11.5 Å². The standard InChI is InChI=1S/C28H28O2P2.2B/c1-29-25-17-9-11-19-27(25)31(23-13-5-3-6-14-23)21-22-32(24-15-7-4-8-16-24)28-20-12-10-18-26(28)30-2;;/h3-20H,21-22H2,1-2H3;;/t31-,32-;;/m0../s1. The lowest BCUT2D eigenvalue weighted by molar-refractivity contribution is 0.418. The zero-order chi connectivity index (χ0) is 22.2. The van der Waals surface area contributed by atoms with Gasteiger partial charge in [-0.05, 0) is 50.9 Å². The number of rotatable bonds is 9. The summed E-state index contributed by atoms with van der Waals surface area (Å²) in [7, 11) is 2.43. The molecule has 0 bridgehead atoms. The van der Waals surface area contributed by atoms with Gasteiger partial charge in [-0.3, -0.25) is 0 Å². The summed E-state index contributed by atoms with van der Waals surface area (Å²) >= 11 is 0. The van der Waals surface area contributed by atoms with E-state index in [1.807, 2.05) is 12.1 Å². The average molecular weight is 480 g/mol. The molecule has 2 atom stereocenters. The van der Waals surface area contributed by atoms with Gasteiger partial charge in [0.15, 0.2) is 0 Å². The zero-order valence-electron chi connectivity index (χ0n) is 19.7. The van der Waals surface area contributed by atoms with Crippen LogP contribution in [-0.4, -0.2) is 43.4 Å². The third-order valence-corrected chi connectivity index (χ3v) is 10.9. The summed E-state index contributed by atoms with van der Waals surface area (Å²) in [5.74, 6) is 1.95. The van der Waals surface area contributed by atoms with Crippen molar-refractivity contribution in [2.75, 3.05) is 26.5 Å². The third-order valence-electron chi connectivity index (χ3n) is 5.43. The Morgan fingerprint density at radius 3 is 1.15 bits per heavy atom. The average Bonchev–Trinajstić information content (AvgIpc) is 2.88. The second-order valence-electron chi connectivity index (χ2n) is 7.32. The van der Waals surface area contributed by atoms with Crippen LogP contribution >= 0.6 is 15.8 Å². The number of hydrogen-bond acceptors (Lipinski definition) is 2. The molecule has 0 amide bonds. The predicted molar refractivity (Wildman–Crippen MR) is 152 cm³/mol. The number of methoxy groups -OCH3 is 2. The van der Waals surface area contributed by atoms with Gasteiger partial charge in [0.05, 0.1) is 14.2 Å². The smallest absolute Gasteiger partial charge is 0.126 e. The number of benzene rings is 4. The monoisotopic (exact) mass is 480 g/mol. The molecule has 4 rings (SSSR count). The first-order valence-corrected chi connectivity index (χ1v) is 13.8. The molecule has 0 saturated heterocycles. The van der Waals surface area contributed by atoms with Crippen molar-refractivity contribution in [1.82, 2.24) is 0 Å². The van der Waals surface area contributed by atoms with Gasteiger partial charge in [0.2, 0.25) is 0 Å². The molecule has 6 radical (unpaired) electrons. The van der Waals surface area contributed by atoms with Crippen molar-refractivity contribution in [3.05, 3.63) is 109 Å². The first kappa shape index (κ1) is 27.7. The van der Waals surface area contributed by atoms with Gasteiger partial charge in [0.1, 0.15) is 11.5 Å². The van der Waals surface area contributed by atoms with Crippen molar-refractivity contribution in [2.24, 2.45) is 0 Å². The highest BCUT2D eigenvalue weighted by molar-refractivity contribution is 7.76. The molecule has 6 heteroatoms. The van der Waals surface area contributed by atoms with Crippen LogP contribution in [0, 0.1) is 0 Å². The van der Waals surface area contributed by atoms with Gasteiger partial charge >= 0.3 is 0 Å². The first-order chi connectivity index (χ1) is 15.8. The maximum atomic E-state index is 5.76. The van der Waals surface area contributed by atoms with E-state index in [9.17, 15) is 0 Å². The van der Waals surface area contributed by atoms with Crippen molar-refractivity contribution in [3.8, 4) is 11.5 Å². The molecule has 4 aromatic carbocycles. The molecule has 0 aliphatic carbocycles. The van der Waals surface area contributed by atoms with Gasteiger partial charge in [-0.15, -0.1) is 0 Å². The molecular weight excluding hydrogens is 452 g/mol. The molecule has 0 N–H and O–H groups in total. The Balaban J connectivity index is 0.00000204. The second kappa shape index (κ2) is 14.0. The quantitative estimate of drug-likeness (QED) is 0.260. The first-order valence-electron chi connectivity index (χ1n) is 10.7.